The maximum Gasteiger partial charge on any atom is 0.224 e. The van der Waals surface area contributed by atoms with Crippen LogP contribution in [0.1, 0.15) is 32.6 Å². The minimum Gasteiger partial charge on any atom is -0.346 e. The maximum atomic E-state index is 12.1. The molecule has 2 N–H and O–H groups in total. The van der Waals surface area contributed by atoms with Crippen LogP contribution < -0.4 is 10.6 Å². The molecule has 2 rings (SSSR count). The van der Waals surface area contributed by atoms with Crippen molar-refractivity contribution in [3.8, 4) is 0 Å². The van der Waals surface area contributed by atoms with Crippen molar-refractivity contribution < 1.29 is 4.79 Å². The highest BCUT2D eigenvalue weighted by Gasteiger charge is 2.19. The molecule has 0 aliphatic heterocycles. The lowest BCUT2D eigenvalue weighted by Crippen LogP contribution is -2.37. The van der Waals surface area contributed by atoms with Crippen LogP contribution in [-0.4, -0.2) is 33.6 Å². The van der Waals surface area contributed by atoms with E-state index in [9.17, 15) is 4.79 Å². The Hall–Kier alpha value is -1.95. The van der Waals surface area contributed by atoms with Crippen molar-refractivity contribution in [3.05, 3.63) is 30.2 Å². The van der Waals surface area contributed by atoms with Gasteiger partial charge in [0.05, 0.1) is 6.04 Å². The van der Waals surface area contributed by atoms with Gasteiger partial charge in [-0.3, -0.25) is 9.20 Å². The molecule has 2 aromatic rings. The standard InChI is InChI=1S/C14H21N5O/c1-4-15-9-10(2)14(20)16-11(3)13-18-17-12-7-5-6-8-19(12)13/h5-8,10-11,15H,4,9H2,1-3H3,(H,16,20). The highest BCUT2D eigenvalue weighted by molar-refractivity contribution is 5.78. The number of hydrogen-bond donors (Lipinski definition) is 2. The Bertz CT molecular complexity index is 580. The molecule has 0 fully saturated rings. The number of hydrogen-bond acceptors (Lipinski definition) is 4. The quantitative estimate of drug-likeness (QED) is 0.829. The van der Waals surface area contributed by atoms with Gasteiger partial charge in [0.1, 0.15) is 0 Å². The molecule has 6 nitrogen and oxygen atoms in total. The minimum atomic E-state index is -0.177. The van der Waals surface area contributed by atoms with Gasteiger partial charge in [-0.15, -0.1) is 10.2 Å². The zero-order valence-electron chi connectivity index (χ0n) is 12.1. The summed E-state index contributed by atoms with van der Waals surface area (Å²) in [6, 6.07) is 5.54. The molecule has 2 heterocycles. The number of aromatic nitrogens is 3. The first-order chi connectivity index (χ1) is 9.63. The molecule has 20 heavy (non-hydrogen) atoms. The monoisotopic (exact) mass is 275 g/mol. The van der Waals surface area contributed by atoms with Crippen LogP contribution in [-0.2, 0) is 4.79 Å². The van der Waals surface area contributed by atoms with Crippen LogP contribution in [0.25, 0.3) is 5.65 Å². The number of nitrogens with zero attached hydrogens (tertiary/aromatic N) is 3. The predicted molar refractivity (Wildman–Crippen MR) is 77.3 cm³/mol. The lowest BCUT2D eigenvalue weighted by atomic mass is 10.1. The van der Waals surface area contributed by atoms with Gasteiger partial charge >= 0.3 is 0 Å². The van der Waals surface area contributed by atoms with Gasteiger partial charge in [-0.1, -0.05) is 19.9 Å². The Morgan fingerprint density at radius 1 is 1.35 bits per heavy atom. The first-order valence-electron chi connectivity index (χ1n) is 6.94. The van der Waals surface area contributed by atoms with Gasteiger partial charge in [-0.05, 0) is 25.6 Å². The van der Waals surface area contributed by atoms with Crippen molar-refractivity contribution in [1.29, 1.82) is 0 Å². The fourth-order valence-electron chi connectivity index (χ4n) is 2.03. The summed E-state index contributed by atoms with van der Waals surface area (Å²) in [6.45, 7) is 7.39. The van der Waals surface area contributed by atoms with Gasteiger partial charge in [-0.2, -0.15) is 0 Å². The normalized spacial score (nSPS) is 14.2. The van der Waals surface area contributed by atoms with Crippen LogP contribution >= 0.6 is 0 Å². The fraction of sp³-hybridized carbons (Fsp3) is 0.500. The number of rotatable bonds is 6. The Kier molecular flexibility index (Phi) is 4.68. The average Bonchev–Trinajstić information content (AvgIpc) is 2.88. The highest BCUT2D eigenvalue weighted by atomic mass is 16.1. The topological polar surface area (TPSA) is 71.3 Å². The van der Waals surface area contributed by atoms with E-state index in [1.54, 1.807) is 0 Å². The highest BCUT2D eigenvalue weighted by Crippen LogP contribution is 2.12. The molecule has 0 aromatic carbocycles. The van der Waals surface area contributed by atoms with Crippen LogP contribution in [0.2, 0.25) is 0 Å². The van der Waals surface area contributed by atoms with Crippen LogP contribution in [0.4, 0.5) is 0 Å². The second-order valence-electron chi connectivity index (χ2n) is 4.93. The van der Waals surface area contributed by atoms with E-state index in [0.717, 1.165) is 18.0 Å². The Morgan fingerprint density at radius 2 is 2.15 bits per heavy atom. The molecule has 0 bridgehead atoms. The summed E-state index contributed by atoms with van der Waals surface area (Å²) in [6.07, 6.45) is 1.90. The predicted octanol–water partition coefficient (Wildman–Crippen LogP) is 1.15. The molecular weight excluding hydrogens is 254 g/mol. The molecule has 0 saturated carbocycles. The number of carbonyl (C=O) groups excluding carboxylic acids is 1. The zero-order chi connectivity index (χ0) is 14.5. The molecule has 108 valence electrons. The molecule has 2 unspecified atom stereocenters. The fourth-order valence-corrected chi connectivity index (χ4v) is 2.03. The minimum absolute atomic E-state index is 0.0196. The van der Waals surface area contributed by atoms with E-state index in [1.807, 2.05) is 49.6 Å². The molecule has 6 heteroatoms. The third-order valence-corrected chi connectivity index (χ3v) is 3.23. The number of carbonyl (C=O) groups is 1. The third-order valence-electron chi connectivity index (χ3n) is 3.23. The van der Waals surface area contributed by atoms with E-state index < -0.39 is 0 Å². The van der Waals surface area contributed by atoms with E-state index in [0.29, 0.717) is 6.54 Å². The Labute approximate surface area is 118 Å². The van der Waals surface area contributed by atoms with Crippen LogP contribution in [0.3, 0.4) is 0 Å². The van der Waals surface area contributed by atoms with Crippen molar-refractivity contribution in [1.82, 2.24) is 25.2 Å². The Balaban J connectivity index is 2.04. The second-order valence-corrected chi connectivity index (χ2v) is 4.93. The van der Waals surface area contributed by atoms with Gasteiger partial charge in [0.25, 0.3) is 0 Å². The molecule has 0 radical (unpaired) electrons. The van der Waals surface area contributed by atoms with Crippen molar-refractivity contribution in [2.24, 2.45) is 5.92 Å². The van der Waals surface area contributed by atoms with Gasteiger partial charge < -0.3 is 10.6 Å². The van der Waals surface area contributed by atoms with E-state index in [-0.39, 0.29) is 17.9 Å². The van der Waals surface area contributed by atoms with Gasteiger partial charge in [0.15, 0.2) is 11.5 Å². The largest absolute Gasteiger partial charge is 0.346 e. The SMILES string of the molecule is CCNCC(C)C(=O)NC(C)c1nnc2ccccn12. The molecule has 2 aromatic heterocycles. The summed E-state index contributed by atoms with van der Waals surface area (Å²) in [7, 11) is 0. The van der Waals surface area contributed by atoms with Crippen molar-refractivity contribution >= 4 is 11.6 Å². The summed E-state index contributed by atoms with van der Waals surface area (Å²) >= 11 is 0. The average molecular weight is 275 g/mol. The first kappa shape index (κ1) is 14.5. The summed E-state index contributed by atoms with van der Waals surface area (Å²) < 4.78 is 1.89. The second kappa shape index (κ2) is 6.47. The summed E-state index contributed by atoms with van der Waals surface area (Å²) in [5.41, 5.74) is 0.782. The molecule has 0 saturated heterocycles. The van der Waals surface area contributed by atoms with Gasteiger partial charge in [0.2, 0.25) is 5.91 Å². The Morgan fingerprint density at radius 3 is 2.90 bits per heavy atom. The third kappa shape index (κ3) is 3.14. The van der Waals surface area contributed by atoms with Crippen molar-refractivity contribution in [2.45, 2.75) is 26.8 Å². The molecule has 0 aliphatic rings. The van der Waals surface area contributed by atoms with Crippen LogP contribution in [0, 0.1) is 5.92 Å². The van der Waals surface area contributed by atoms with Gasteiger partial charge in [0, 0.05) is 18.7 Å². The van der Waals surface area contributed by atoms with E-state index >= 15 is 0 Å². The summed E-state index contributed by atoms with van der Waals surface area (Å²) in [5.74, 6) is 0.687. The molecule has 1 amide bonds. The number of pyridine rings is 1. The molecule has 0 spiro atoms. The smallest absolute Gasteiger partial charge is 0.224 e. The summed E-state index contributed by atoms with van der Waals surface area (Å²) in [5, 5.41) is 14.4. The molecule has 2 atom stereocenters. The van der Waals surface area contributed by atoms with E-state index in [1.165, 1.54) is 0 Å². The van der Waals surface area contributed by atoms with Crippen LogP contribution in [0.15, 0.2) is 24.4 Å². The van der Waals surface area contributed by atoms with Gasteiger partial charge in [-0.25, -0.2) is 0 Å². The van der Waals surface area contributed by atoms with E-state index in [2.05, 4.69) is 20.8 Å². The van der Waals surface area contributed by atoms with Crippen molar-refractivity contribution in [2.75, 3.05) is 13.1 Å². The maximum absolute atomic E-state index is 12.1. The van der Waals surface area contributed by atoms with Crippen LogP contribution in [0.5, 0.6) is 0 Å². The zero-order valence-corrected chi connectivity index (χ0v) is 12.1. The lowest BCUT2D eigenvalue weighted by Gasteiger charge is -2.16. The number of fused-ring (bicyclic) bond motifs is 1. The number of amides is 1. The summed E-state index contributed by atoms with van der Waals surface area (Å²) in [4.78, 5) is 12.1. The molecular formula is C14H21N5O. The van der Waals surface area contributed by atoms with E-state index in [4.69, 9.17) is 0 Å². The molecule has 0 aliphatic carbocycles. The van der Waals surface area contributed by atoms with Crippen molar-refractivity contribution in [3.63, 3.8) is 0 Å². The lowest BCUT2D eigenvalue weighted by molar-refractivity contribution is -0.125. The number of nitrogens with one attached hydrogen (secondary N) is 2. The first-order valence-corrected chi connectivity index (χ1v) is 6.94.